The van der Waals surface area contributed by atoms with Gasteiger partial charge in [0.05, 0.1) is 13.7 Å². The lowest BCUT2D eigenvalue weighted by molar-refractivity contribution is -0.143. The van der Waals surface area contributed by atoms with Crippen molar-refractivity contribution in [3.63, 3.8) is 0 Å². The lowest BCUT2D eigenvalue weighted by atomic mass is 10.0. The molecule has 3 aromatic heterocycles. The summed E-state index contributed by atoms with van der Waals surface area (Å²) in [5.74, 6) is 1.49. The fourth-order valence-electron chi connectivity index (χ4n) is 3.77. The van der Waals surface area contributed by atoms with E-state index in [-0.39, 0.29) is 30.7 Å². The molecule has 11 heteroatoms. The van der Waals surface area contributed by atoms with E-state index in [1.165, 1.54) is 16.1 Å². The maximum atomic E-state index is 13.8. The van der Waals surface area contributed by atoms with Crippen LogP contribution in [0, 0.1) is 6.92 Å². The number of amides is 2. The maximum Gasteiger partial charge on any atom is 0.247 e. The lowest BCUT2D eigenvalue weighted by Gasteiger charge is -2.33. The number of rotatable bonds is 9. The first kappa shape index (κ1) is 26.1. The summed E-state index contributed by atoms with van der Waals surface area (Å²) in [5.41, 5.74) is 0.161. The Morgan fingerprint density at radius 1 is 1.16 bits per heavy atom. The Morgan fingerprint density at radius 3 is 2.51 bits per heavy atom. The number of nitrogens with one attached hydrogen (secondary N) is 1. The van der Waals surface area contributed by atoms with Gasteiger partial charge in [-0.2, -0.15) is 4.80 Å². The van der Waals surface area contributed by atoms with Gasteiger partial charge in [0.25, 0.3) is 0 Å². The molecule has 4 aromatic rings. The number of benzene rings is 1. The summed E-state index contributed by atoms with van der Waals surface area (Å²) >= 11 is 1.51. The standard InChI is InChI=1S/C26H30N6O4S/c1-17-8-13-21(36-17)24-28-30-32(29-24)16-22(33)31(15-20-7-6-14-37-20)23(25(34)27-26(2,3)4)18-9-11-19(35-5)12-10-18/h6-14,23H,15-16H2,1-5H3,(H,27,34)/t23-/m1/s1. The number of carbonyl (C=O) groups excluding carboxylic acids is 2. The molecule has 0 aliphatic heterocycles. The number of ether oxygens (including phenoxy) is 1. The van der Waals surface area contributed by atoms with Gasteiger partial charge in [0.2, 0.25) is 17.6 Å². The minimum atomic E-state index is -0.893. The normalized spacial score (nSPS) is 12.2. The molecule has 4 rings (SSSR count). The van der Waals surface area contributed by atoms with Gasteiger partial charge in [0.15, 0.2) is 5.76 Å². The Morgan fingerprint density at radius 2 is 1.92 bits per heavy atom. The zero-order valence-corrected chi connectivity index (χ0v) is 22.3. The van der Waals surface area contributed by atoms with Crippen LogP contribution in [0.5, 0.6) is 5.75 Å². The van der Waals surface area contributed by atoms with E-state index in [0.717, 1.165) is 10.6 Å². The minimum Gasteiger partial charge on any atom is -0.497 e. The molecule has 0 spiro atoms. The Labute approximate surface area is 219 Å². The molecule has 0 saturated carbocycles. The molecule has 0 aliphatic rings. The van der Waals surface area contributed by atoms with Crippen LogP contribution in [-0.2, 0) is 22.7 Å². The highest BCUT2D eigenvalue weighted by atomic mass is 32.1. The molecular weight excluding hydrogens is 492 g/mol. The first-order valence-electron chi connectivity index (χ1n) is 11.8. The highest BCUT2D eigenvalue weighted by Crippen LogP contribution is 2.28. The molecule has 0 unspecified atom stereocenters. The quantitative estimate of drug-likeness (QED) is 0.353. The molecular formula is C26H30N6O4S. The Balaban J connectivity index is 1.68. The Bertz CT molecular complexity index is 1340. The van der Waals surface area contributed by atoms with E-state index in [9.17, 15) is 9.59 Å². The highest BCUT2D eigenvalue weighted by molar-refractivity contribution is 7.09. The smallest absolute Gasteiger partial charge is 0.247 e. The Hall–Kier alpha value is -3.99. The van der Waals surface area contributed by atoms with Crippen LogP contribution in [0.4, 0.5) is 0 Å². The van der Waals surface area contributed by atoms with Gasteiger partial charge in [-0.05, 0) is 74.2 Å². The number of thiophene rings is 1. The summed E-state index contributed by atoms with van der Waals surface area (Å²) < 4.78 is 10.9. The van der Waals surface area contributed by atoms with Crippen LogP contribution >= 0.6 is 11.3 Å². The average molecular weight is 523 g/mol. The van der Waals surface area contributed by atoms with Crippen molar-refractivity contribution >= 4 is 23.2 Å². The fourth-order valence-corrected chi connectivity index (χ4v) is 4.47. The third kappa shape index (κ3) is 6.62. The number of aromatic nitrogens is 4. The summed E-state index contributed by atoms with van der Waals surface area (Å²) in [5, 5.41) is 17.3. The van der Waals surface area contributed by atoms with E-state index in [4.69, 9.17) is 9.15 Å². The third-order valence-corrected chi connectivity index (χ3v) is 6.27. The van der Waals surface area contributed by atoms with Gasteiger partial charge in [0, 0.05) is 10.4 Å². The van der Waals surface area contributed by atoms with Crippen LogP contribution in [0.3, 0.4) is 0 Å². The largest absolute Gasteiger partial charge is 0.497 e. The molecule has 1 N–H and O–H groups in total. The average Bonchev–Trinajstić information content (AvgIpc) is 3.60. The van der Waals surface area contributed by atoms with Gasteiger partial charge in [-0.15, -0.1) is 21.5 Å². The van der Waals surface area contributed by atoms with E-state index in [2.05, 4.69) is 20.7 Å². The van der Waals surface area contributed by atoms with Crippen LogP contribution < -0.4 is 10.1 Å². The summed E-state index contributed by atoms with van der Waals surface area (Å²) in [6.45, 7) is 7.56. The van der Waals surface area contributed by atoms with Gasteiger partial charge in [-0.25, -0.2) is 0 Å². The molecule has 194 valence electrons. The van der Waals surface area contributed by atoms with E-state index in [0.29, 0.717) is 17.1 Å². The van der Waals surface area contributed by atoms with Crippen molar-refractivity contribution in [1.29, 1.82) is 0 Å². The number of carbonyl (C=O) groups is 2. The van der Waals surface area contributed by atoms with Gasteiger partial charge < -0.3 is 19.4 Å². The van der Waals surface area contributed by atoms with Crippen molar-refractivity contribution in [2.45, 2.75) is 52.4 Å². The predicted molar refractivity (Wildman–Crippen MR) is 139 cm³/mol. The molecule has 0 bridgehead atoms. The second-order valence-corrected chi connectivity index (χ2v) is 10.6. The van der Waals surface area contributed by atoms with Crippen LogP contribution in [-0.4, -0.2) is 49.6 Å². The van der Waals surface area contributed by atoms with Crippen LogP contribution in [0.1, 0.15) is 43.0 Å². The molecule has 2 amide bonds. The first-order chi connectivity index (χ1) is 17.6. The molecule has 0 saturated heterocycles. The fraction of sp³-hybridized carbons (Fsp3) is 0.346. The SMILES string of the molecule is COc1ccc([C@H](C(=O)NC(C)(C)C)N(Cc2cccs2)C(=O)Cn2nnc(-c3ccc(C)o3)n2)cc1. The number of methoxy groups -OCH3 is 1. The molecule has 10 nitrogen and oxygen atoms in total. The third-order valence-electron chi connectivity index (χ3n) is 5.41. The summed E-state index contributed by atoms with van der Waals surface area (Å²) in [7, 11) is 1.58. The summed E-state index contributed by atoms with van der Waals surface area (Å²) in [6, 6.07) is 13.6. The molecule has 1 atom stereocenters. The van der Waals surface area contributed by atoms with Crippen molar-refractivity contribution in [2.75, 3.05) is 7.11 Å². The van der Waals surface area contributed by atoms with Crippen molar-refractivity contribution in [3.8, 4) is 17.3 Å². The number of hydrogen-bond acceptors (Lipinski definition) is 8. The monoisotopic (exact) mass is 522 g/mol. The molecule has 3 heterocycles. The van der Waals surface area contributed by atoms with E-state index in [1.807, 2.05) is 45.2 Å². The van der Waals surface area contributed by atoms with E-state index in [1.54, 1.807) is 48.4 Å². The predicted octanol–water partition coefficient (Wildman–Crippen LogP) is 4.00. The molecule has 37 heavy (non-hydrogen) atoms. The molecule has 0 aliphatic carbocycles. The van der Waals surface area contributed by atoms with Crippen LogP contribution in [0.15, 0.2) is 58.3 Å². The van der Waals surface area contributed by atoms with Crippen molar-refractivity contribution in [3.05, 3.63) is 70.1 Å². The number of aryl methyl sites for hydroxylation is 1. The topological polar surface area (TPSA) is 115 Å². The first-order valence-corrected chi connectivity index (χ1v) is 12.6. The van der Waals surface area contributed by atoms with E-state index < -0.39 is 11.6 Å². The summed E-state index contributed by atoms with van der Waals surface area (Å²) in [6.07, 6.45) is 0. The van der Waals surface area contributed by atoms with Gasteiger partial charge >= 0.3 is 0 Å². The second kappa shape index (κ2) is 11.0. The van der Waals surface area contributed by atoms with Crippen molar-refractivity contribution < 1.29 is 18.7 Å². The number of hydrogen-bond donors (Lipinski definition) is 1. The van der Waals surface area contributed by atoms with Crippen molar-refractivity contribution in [1.82, 2.24) is 30.4 Å². The van der Waals surface area contributed by atoms with E-state index >= 15 is 0 Å². The zero-order chi connectivity index (χ0) is 26.6. The lowest BCUT2D eigenvalue weighted by Crippen LogP contribution is -2.49. The highest BCUT2D eigenvalue weighted by Gasteiger charge is 2.34. The molecule has 1 aromatic carbocycles. The maximum absolute atomic E-state index is 13.8. The number of furan rings is 1. The molecule has 0 fully saturated rings. The Kier molecular flexibility index (Phi) is 7.72. The van der Waals surface area contributed by atoms with Gasteiger partial charge in [-0.3, -0.25) is 9.59 Å². The van der Waals surface area contributed by atoms with Gasteiger partial charge in [0.1, 0.15) is 24.1 Å². The minimum absolute atomic E-state index is 0.201. The van der Waals surface area contributed by atoms with Crippen molar-refractivity contribution in [2.24, 2.45) is 0 Å². The number of tetrazole rings is 1. The van der Waals surface area contributed by atoms with Gasteiger partial charge in [-0.1, -0.05) is 18.2 Å². The summed E-state index contributed by atoms with van der Waals surface area (Å²) in [4.78, 5) is 31.1. The number of nitrogens with zero attached hydrogens (tertiary/aromatic N) is 5. The molecule has 0 radical (unpaired) electrons. The second-order valence-electron chi connectivity index (χ2n) is 9.57. The zero-order valence-electron chi connectivity index (χ0n) is 21.5. The van der Waals surface area contributed by atoms with Crippen LogP contribution in [0.25, 0.3) is 11.6 Å². The van der Waals surface area contributed by atoms with Crippen LogP contribution in [0.2, 0.25) is 0 Å².